The SMILES string of the molecule is CCOc1cnc(-c2cccc(B3OC(C)(C)C(C)(C)O3)c2)nc1CC. The Morgan fingerprint density at radius 3 is 2.38 bits per heavy atom. The molecule has 0 aliphatic carbocycles. The first-order valence-electron chi connectivity index (χ1n) is 9.22. The van der Waals surface area contributed by atoms with E-state index in [2.05, 4.69) is 44.6 Å². The molecule has 138 valence electrons. The van der Waals surface area contributed by atoms with Crippen LogP contribution in [0.4, 0.5) is 0 Å². The van der Waals surface area contributed by atoms with Gasteiger partial charge in [0.1, 0.15) is 0 Å². The fourth-order valence-corrected chi connectivity index (χ4v) is 2.88. The van der Waals surface area contributed by atoms with Crippen molar-refractivity contribution >= 4 is 12.6 Å². The summed E-state index contributed by atoms with van der Waals surface area (Å²) in [6.07, 6.45) is 2.55. The molecule has 0 spiro atoms. The fourth-order valence-electron chi connectivity index (χ4n) is 2.88. The van der Waals surface area contributed by atoms with Crippen LogP contribution in [0.15, 0.2) is 30.5 Å². The zero-order valence-corrected chi connectivity index (χ0v) is 16.5. The van der Waals surface area contributed by atoms with Crippen LogP contribution in [0.2, 0.25) is 0 Å². The van der Waals surface area contributed by atoms with Crippen molar-refractivity contribution in [1.29, 1.82) is 0 Å². The third-order valence-corrected chi connectivity index (χ3v) is 5.13. The summed E-state index contributed by atoms with van der Waals surface area (Å²) in [6.45, 7) is 12.9. The van der Waals surface area contributed by atoms with E-state index < -0.39 is 7.12 Å². The van der Waals surface area contributed by atoms with E-state index in [1.807, 2.05) is 31.2 Å². The summed E-state index contributed by atoms with van der Waals surface area (Å²) in [4.78, 5) is 9.17. The molecule has 26 heavy (non-hydrogen) atoms. The van der Waals surface area contributed by atoms with Crippen LogP contribution in [-0.2, 0) is 15.7 Å². The maximum atomic E-state index is 6.15. The molecule has 0 amide bonds. The largest absolute Gasteiger partial charge is 0.494 e. The van der Waals surface area contributed by atoms with Gasteiger partial charge in [-0.25, -0.2) is 9.97 Å². The first-order valence-corrected chi connectivity index (χ1v) is 9.22. The summed E-state index contributed by atoms with van der Waals surface area (Å²) < 4.78 is 17.9. The van der Waals surface area contributed by atoms with Crippen LogP contribution in [0.5, 0.6) is 5.75 Å². The van der Waals surface area contributed by atoms with Gasteiger partial charge in [-0.3, -0.25) is 0 Å². The Kier molecular flexibility index (Phi) is 5.08. The lowest BCUT2D eigenvalue weighted by molar-refractivity contribution is 0.00578. The molecule has 1 aliphatic rings. The van der Waals surface area contributed by atoms with Gasteiger partial charge >= 0.3 is 7.12 Å². The number of aryl methyl sites for hydroxylation is 1. The van der Waals surface area contributed by atoms with Gasteiger partial charge in [0.15, 0.2) is 11.6 Å². The topological polar surface area (TPSA) is 53.5 Å². The molecule has 2 aromatic rings. The minimum Gasteiger partial charge on any atom is -0.490 e. The third-order valence-electron chi connectivity index (χ3n) is 5.13. The van der Waals surface area contributed by atoms with Crippen LogP contribution in [0, 0.1) is 0 Å². The molecule has 5 nitrogen and oxygen atoms in total. The molecule has 1 saturated heterocycles. The molecule has 0 atom stereocenters. The summed E-state index contributed by atoms with van der Waals surface area (Å²) in [6, 6.07) is 8.04. The van der Waals surface area contributed by atoms with Gasteiger partial charge in [-0.2, -0.15) is 0 Å². The van der Waals surface area contributed by atoms with E-state index in [-0.39, 0.29) is 11.2 Å². The van der Waals surface area contributed by atoms with Gasteiger partial charge in [0.05, 0.1) is 29.7 Å². The monoisotopic (exact) mass is 354 g/mol. The van der Waals surface area contributed by atoms with Crippen LogP contribution in [-0.4, -0.2) is 34.9 Å². The lowest BCUT2D eigenvalue weighted by Crippen LogP contribution is -2.41. The molecule has 0 N–H and O–H groups in total. The first-order chi connectivity index (χ1) is 12.3. The van der Waals surface area contributed by atoms with E-state index in [0.29, 0.717) is 12.4 Å². The molecule has 1 aromatic carbocycles. The highest BCUT2D eigenvalue weighted by atomic mass is 16.7. The van der Waals surface area contributed by atoms with Crippen LogP contribution in [0.25, 0.3) is 11.4 Å². The fraction of sp³-hybridized carbons (Fsp3) is 0.500. The predicted molar refractivity (Wildman–Crippen MR) is 104 cm³/mol. The van der Waals surface area contributed by atoms with Crippen molar-refractivity contribution in [3.05, 3.63) is 36.2 Å². The quantitative estimate of drug-likeness (QED) is 0.771. The second-order valence-corrected chi connectivity index (χ2v) is 7.50. The van der Waals surface area contributed by atoms with E-state index in [1.165, 1.54) is 0 Å². The van der Waals surface area contributed by atoms with Gasteiger partial charge in [-0.05, 0) is 46.5 Å². The zero-order valence-electron chi connectivity index (χ0n) is 16.5. The van der Waals surface area contributed by atoms with E-state index in [9.17, 15) is 0 Å². The maximum absolute atomic E-state index is 6.15. The summed E-state index contributed by atoms with van der Waals surface area (Å²) in [5.41, 5.74) is 2.10. The van der Waals surface area contributed by atoms with Crippen LogP contribution in [0.3, 0.4) is 0 Å². The molecular formula is C20H27BN2O3. The first kappa shape index (κ1) is 18.9. The van der Waals surface area contributed by atoms with Gasteiger partial charge in [-0.1, -0.05) is 31.2 Å². The molecule has 6 heteroatoms. The summed E-state index contributed by atoms with van der Waals surface area (Å²) in [5, 5.41) is 0. The highest BCUT2D eigenvalue weighted by Gasteiger charge is 2.51. The smallest absolute Gasteiger partial charge is 0.490 e. The molecule has 1 aromatic heterocycles. The van der Waals surface area contributed by atoms with E-state index in [1.54, 1.807) is 6.20 Å². The van der Waals surface area contributed by atoms with Gasteiger partial charge in [0.25, 0.3) is 0 Å². The van der Waals surface area contributed by atoms with Crippen molar-refractivity contribution in [2.24, 2.45) is 0 Å². The Balaban J connectivity index is 1.91. The number of hydrogen-bond donors (Lipinski definition) is 0. The minimum absolute atomic E-state index is 0.362. The van der Waals surface area contributed by atoms with Crippen LogP contribution in [0.1, 0.15) is 47.2 Å². The van der Waals surface area contributed by atoms with Gasteiger partial charge in [0.2, 0.25) is 0 Å². The number of nitrogens with zero attached hydrogens (tertiary/aromatic N) is 2. The Labute approximate surface area is 156 Å². The Morgan fingerprint density at radius 1 is 1.08 bits per heavy atom. The van der Waals surface area contributed by atoms with Crippen molar-refractivity contribution in [3.63, 3.8) is 0 Å². The zero-order chi connectivity index (χ0) is 18.9. The predicted octanol–water partition coefficient (Wildman–Crippen LogP) is 3.40. The van der Waals surface area contributed by atoms with Gasteiger partial charge in [-0.15, -0.1) is 0 Å². The van der Waals surface area contributed by atoms with Crippen LogP contribution >= 0.6 is 0 Å². The number of ether oxygens (including phenoxy) is 1. The average Bonchev–Trinajstić information content (AvgIpc) is 2.83. The second kappa shape index (κ2) is 7.01. The molecule has 0 saturated carbocycles. The van der Waals surface area contributed by atoms with Crippen molar-refractivity contribution in [2.45, 2.75) is 59.2 Å². The Morgan fingerprint density at radius 2 is 1.77 bits per heavy atom. The third kappa shape index (κ3) is 3.48. The summed E-state index contributed by atoms with van der Waals surface area (Å²) in [5.74, 6) is 1.43. The van der Waals surface area contributed by atoms with Crippen molar-refractivity contribution in [3.8, 4) is 17.1 Å². The highest BCUT2D eigenvalue weighted by Crippen LogP contribution is 2.36. The summed E-state index contributed by atoms with van der Waals surface area (Å²) >= 11 is 0. The van der Waals surface area contributed by atoms with Gasteiger partial charge < -0.3 is 14.0 Å². The second-order valence-electron chi connectivity index (χ2n) is 7.50. The average molecular weight is 354 g/mol. The molecule has 3 rings (SSSR count). The minimum atomic E-state index is -0.395. The number of aromatic nitrogens is 2. The van der Waals surface area contributed by atoms with E-state index in [4.69, 9.17) is 14.0 Å². The summed E-state index contributed by atoms with van der Waals surface area (Å²) in [7, 11) is -0.395. The number of benzene rings is 1. The number of rotatable bonds is 5. The van der Waals surface area contributed by atoms with E-state index >= 15 is 0 Å². The molecular weight excluding hydrogens is 327 g/mol. The Hall–Kier alpha value is -1.92. The molecule has 0 bridgehead atoms. The lowest BCUT2D eigenvalue weighted by Gasteiger charge is -2.32. The molecule has 1 aliphatic heterocycles. The maximum Gasteiger partial charge on any atom is 0.494 e. The van der Waals surface area contributed by atoms with Gasteiger partial charge in [0, 0.05) is 5.56 Å². The normalized spacial score (nSPS) is 18.2. The van der Waals surface area contributed by atoms with Crippen molar-refractivity contribution in [1.82, 2.24) is 9.97 Å². The van der Waals surface area contributed by atoms with Crippen LogP contribution < -0.4 is 10.2 Å². The molecule has 2 heterocycles. The highest BCUT2D eigenvalue weighted by molar-refractivity contribution is 6.62. The van der Waals surface area contributed by atoms with Crippen molar-refractivity contribution in [2.75, 3.05) is 6.61 Å². The molecule has 0 unspecified atom stereocenters. The van der Waals surface area contributed by atoms with Crippen molar-refractivity contribution < 1.29 is 14.0 Å². The number of hydrogen-bond acceptors (Lipinski definition) is 5. The molecule has 1 fully saturated rings. The Bertz CT molecular complexity index is 776. The van der Waals surface area contributed by atoms with E-state index in [0.717, 1.165) is 28.9 Å². The molecule has 0 radical (unpaired) electrons. The standard InChI is InChI=1S/C20H27BN2O3/c1-7-16-17(24-8-2)13-22-18(23-16)14-10-9-11-15(12-14)21-25-19(3,4)20(5,6)26-21/h9-13H,7-8H2,1-6H3. The lowest BCUT2D eigenvalue weighted by atomic mass is 9.78.